The summed E-state index contributed by atoms with van der Waals surface area (Å²) in [6, 6.07) is 7.43. The highest BCUT2D eigenvalue weighted by molar-refractivity contribution is 6.04. The third-order valence-corrected chi connectivity index (χ3v) is 4.17. The molecule has 0 unspecified atom stereocenters. The lowest BCUT2D eigenvalue weighted by molar-refractivity contribution is 0.0996. The van der Waals surface area contributed by atoms with Crippen molar-refractivity contribution >= 4 is 22.5 Å². The molecule has 4 rings (SSSR count). The summed E-state index contributed by atoms with van der Waals surface area (Å²) in [7, 11) is 0. The Morgan fingerprint density at radius 3 is 2.73 bits per heavy atom. The number of pyridine rings is 1. The fraction of sp³-hybridized carbons (Fsp3) is 0.0556. The Morgan fingerprint density at radius 1 is 1.15 bits per heavy atom. The van der Waals surface area contributed by atoms with Crippen LogP contribution in [0, 0.1) is 6.92 Å². The van der Waals surface area contributed by atoms with Crippen molar-refractivity contribution in [2.24, 2.45) is 5.73 Å². The Kier molecular flexibility index (Phi) is 3.58. The topological polar surface area (TPSA) is 136 Å². The van der Waals surface area contributed by atoms with Gasteiger partial charge in [-0.2, -0.15) is 5.10 Å². The van der Waals surface area contributed by atoms with Crippen molar-refractivity contribution in [2.75, 3.05) is 5.73 Å². The maximum absolute atomic E-state index is 11.9. The number of amides is 1. The number of carbonyl (C=O) groups excluding carboxylic acids is 1. The SMILES string of the molecule is Cc1ccc2[nH]ncc2c1-c1nc(-c2cccnc2)nc(C(N)=O)c1N. The molecule has 0 saturated heterocycles. The number of rotatable bonds is 3. The molecule has 0 aliphatic heterocycles. The molecule has 0 fully saturated rings. The van der Waals surface area contributed by atoms with Gasteiger partial charge in [-0.3, -0.25) is 14.9 Å². The Morgan fingerprint density at radius 2 is 2.00 bits per heavy atom. The van der Waals surface area contributed by atoms with Crippen LogP contribution in [0.4, 0.5) is 5.69 Å². The fourth-order valence-corrected chi connectivity index (χ4v) is 2.91. The zero-order chi connectivity index (χ0) is 18.3. The van der Waals surface area contributed by atoms with Crippen LogP contribution in [-0.2, 0) is 0 Å². The number of fused-ring (bicyclic) bond motifs is 1. The largest absolute Gasteiger partial charge is 0.395 e. The second kappa shape index (κ2) is 5.92. The number of nitrogens with one attached hydrogen (secondary N) is 1. The van der Waals surface area contributed by atoms with E-state index >= 15 is 0 Å². The Balaban J connectivity index is 2.07. The molecule has 5 N–H and O–H groups in total. The van der Waals surface area contributed by atoms with Gasteiger partial charge in [-0.15, -0.1) is 0 Å². The molecule has 0 saturated carbocycles. The van der Waals surface area contributed by atoms with Gasteiger partial charge in [0.25, 0.3) is 5.91 Å². The Bertz CT molecular complexity index is 1140. The van der Waals surface area contributed by atoms with E-state index in [-0.39, 0.29) is 11.4 Å². The first-order valence-electron chi connectivity index (χ1n) is 7.87. The summed E-state index contributed by atoms with van der Waals surface area (Å²) in [6.07, 6.45) is 4.96. The van der Waals surface area contributed by atoms with Gasteiger partial charge in [0.15, 0.2) is 11.5 Å². The van der Waals surface area contributed by atoms with E-state index in [4.69, 9.17) is 11.5 Å². The van der Waals surface area contributed by atoms with Crippen LogP contribution >= 0.6 is 0 Å². The minimum atomic E-state index is -0.715. The van der Waals surface area contributed by atoms with Crippen LogP contribution in [0.3, 0.4) is 0 Å². The standard InChI is InChI=1S/C18H15N7O/c1-9-4-5-12-11(8-22-25-12)13(9)15-14(19)16(17(20)26)24-18(23-15)10-3-2-6-21-7-10/h2-8H,19H2,1H3,(H2,20,26)(H,22,25). The van der Waals surface area contributed by atoms with Crippen LogP contribution in [0.2, 0.25) is 0 Å². The lowest BCUT2D eigenvalue weighted by Crippen LogP contribution is -2.18. The molecule has 0 aliphatic carbocycles. The van der Waals surface area contributed by atoms with E-state index in [1.165, 1.54) is 0 Å². The summed E-state index contributed by atoms with van der Waals surface area (Å²) < 4.78 is 0. The van der Waals surface area contributed by atoms with Gasteiger partial charge >= 0.3 is 0 Å². The predicted molar refractivity (Wildman–Crippen MR) is 98.0 cm³/mol. The molecule has 0 spiro atoms. The highest BCUT2D eigenvalue weighted by Gasteiger charge is 2.21. The number of nitrogens with zero attached hydrogens (tertiary/aromatic N) is 4. The van der Waals surface area contributed by atoms with Crippen LogP contribution in [0.25, 0.3) is 33.5 Å². The van der Waals surface area contributed by atoms with Gasteiger partial charge in [0.2, 0.25) is 0 Å². The minimum absolute atomic E-state index is 0.0197. The number of H-pyrrole nitrogens is 1. The third-order valence-electron chi connectivity index (χ3n) is 4.17. The number of primary amides is 1. The zero-order valence-electron chi connectivity index (χ0n) is 13.9. The van der Waals surface area contributed by atoms with Crippen LogP contribution < -0.4 is 11.5 Å². The molecule has 4 aromatic rings. The lowest BCUT2D eigenvalue weighted by atomic mass is 9.99. The Labute approximate surface area is 148 Å². The molecule has 128 valence electrons. The maximum Gasteiger partial charge on any atom is 0.269 e. The third kappa shape index (κ3) is 2.44. The van der Waals surface area contributed by atoms with Crippen LogP contribution in [-0.4, -0.2) is 31.1 Å². The first-order valence-corrected chi connectivity index (χ1v) is 7.87. The van der Waals surface area contributed by atoms with E-state index in [2.05, 4.69) is 25.1 Å². The second-order valence-electron chi connectivity index (χ2n) is 5.85. The van der Waals surface area contributed by atoms with Crippen LogP contribution in [0.15, 0.2) is 42.9 Å². The summed E-state index contributed by atoms with van der Waals surface area (Å²) in [5, 5.41) is 7.86. The van der Waals surface area contributed by atoms with E-state index in [0.29, 0.717) is 17.1 Å². The van der Waals surface area contributed by atoms with Crippen molar-refractivity contribution in [3.8, 4) is 22.6 Å². The van der Waals surface area contributed by atoms with Gasteiger partial charge in [0.1, 0.15) is 0 Å². The van der Waals surface area contributed by atoms with Gasteiger partial charge < -0.3 is 11.5 Å². The van der Waals surface area contributed by atoms with E-state index < -0.39 is 5.91 Å². The number of nitrogens with two attached hydrogens (primary N) is 2. The van der Waals surface area contributed by atoms with Crippen molar-refractivity contribution in [1.82, 2.24) is 25.1 Å². The van der Waals surface area contributed by atoms with E-state index in [9.17, 15) is 4.79 Å². The summed E-state index contributed by atoms with van der Waals surface area (Å²) in [5.74, 6) is -0.385. The molecule has 0 radical (unpaired) electrons. The van der Waals surface area contributed by atoms with Gasteiger partial charge in [-0.1, -0.05) is 6.07 Å². The number of aromatic amines is 1. The second-order valence-corrected chi connectivity index (χ2v) is 5.85. The number of aryl methyl sites for hydroxylation is 1. The molecule has 1 amide bonds. The summed E-state index contributed by atoms with van der Waals surface area (Å²) >= 11 is 0. The first-order chi connectivity index (χ1) is 12.6. The number of hydrogen-bond acceptors (Lipinski definition) is 6. The molecular formula is C18H15N7O. The molecule has 8 nitrogen and oxygen atoms in total. The fourth-order valence-electron chi connectivity index (χ4n) is 2.91. The number of nitrogen functional groups attached to an aromatic ring is 1. The number of benzene rings is 1. The maximum atomic E-state index is 11.9. The highest BCUT2D eigenvalue weighted by atomic mass is 16.1. The quantitative estimate of drug-likeness (QED) is 0.520. The van der Waals surface area contributed by atoms with E-state index in [1.54, 1.807) is 30.7 Å². The van der Waals surface area contributed by atoms with Gasteiger partial charge in [-0.25, -0.2) is 9.97 Å². The summed E-state index contributed by atoms with van der Waals surface area (Å²) in [4.78, 5) is 24.9. The molecule has 3 aromatic heterocycles. The Hall–Kier alpha value is -3.81. The smallest absolute Gasteiger partial charge is 0.269 e. The first kappa shape index (κ1) is 15.7. The molecular weight excluding hydrogens is 330 g/mol. The number of anilines is 1. The van der Waals surface area contributed by atoms with Gasteiger partial charge in [-0.05, 0) is 30.7 Å². The highest BCUT2D eigenvalue weighted by Crippen LogP contribution is 2.35. The molecule has 0 bridgehead atoms. The number of aromatic nitrogens is 5. The van der Waals surface area contributed by atoms with Crippen LogP contribution in [0.5, 0.6) is 0 Å². The number of carbonyl (C=O) groups is 1. The minimum Gasteiger partial charge on any atom is -0.395 e. The van der Waals surface area contributed by atoms with Crippen molar-refractivity contribution in [3.05, 3.63) is 54.1 Å². The van der Waals surface area contributed by atoms with E-state index in [1.807, 2.05) is 19.1 Å². The van der Waals surface area contributed by atoms with E-state index in [0.717, 1.165) is 22.0 Å². The average Bonchev–Trinajstić information content (AvgIpc) is 3.11. The van der Waals surface area contributed by atoms with Crippen molar-refractivity contribution in [3.63, 3.8) is 0 Å². The van der Waals surface area contributed by atoms with Gasteiger partial charge in [0, 0.05) is 28.9 Å². The normalized spacial score (nSPS) is 11.0. The molecule has 1 aromatic carbocycles. The average molecular weight is 345 g/mol. The zero-order valence-corrected chi connectivity index (χ0v) is 13.9. The molecule has 0 atom stereocenters. The summed E-state index contributed by atoms with van der Waals surface area (Å²) in [5.41, 5.74) is 15.5. The van der Waals surface area contributed by atoms with Gasteiger partial charge in [0.05, 0.1) is 23.1 Å². The van der Waals surface area contributed by atoms with Crippen molar-refractivity contribution < 1.29 is 4.79 Å². The monoisotopic (exact) mass is 345 g/mol. The molecule has 3 heterocycles. The molecule has 26 heavy (non-hydrogen) atoms. The van der Waals surface area contributed by atoms with Crippen LogP contribution in [0.1, 0.15) is 16.1 Å². The molecule has 8 heteroatoms. The predicted octanol–water partition coefficient (Wildman–Crippen LogP) is 2.07. The molecule has 0 aliphatic rings. The van der Waals surface area contributed by atoms with Crippen molar-refractivity contribution in [2.45, 2.75) is 6.92 Å². The number of hydrogen-bond donors (Lipinski definition) is 3. The summed E-state index contributed by atoms with van der Waals surface area (Å²) in [6.45, 7) is 1.94. The van der Waals surface area contributed by atoms with Crippen molar-refractivity contribution in [1.29, 1.82) is 0 Å². The lowest BCUT2D eigenvalue weighted by Gasteiger charge is -2.13.